The molecule has 32 heavy (non-hydrogen) atoms. The van der Waals surface area contributed by atoms with Crippen molar-refractivity contribution in [2.45, 2.75) is 18.7 Å². The fourth-order valence-corrected chi connectivity index (χ4v) is 5.48. The third-order valence-electron chi connectivity index (χ3n) is 5.86. The molecule has 0 saturated carbocycles. The number of aryl methyl sites for hydroxylation is 2. The van der Waals surface area contributed by atoms with Crippen molar-refractivity contribution in [3.63, 3.8) is 0 Å². The van der Waals surface area contributed by atoms with Crippen molar-refractivity contribution in [2.75, 3.05) is 19.0 Å². The lowest BCUT2D eigenvalue weighted by molar-refractivity contribution is 0.485. The van der Waals surface area contributed by atoms with E-state index in [4.69, 9.17) is 4.18 Å². The van der Waals surface area contributed by atoms with Gasteiger partial charge in [-0.25, -0.2) is 0 Å². The molecule has 6 heteroatoms. The van der Waals surface area contributed by atoms with Crippen LogP contribution in [0.15, 0.2) is 71.6 Å². The van der Waals surface area contributed by atoms with E-state index >= 15 is 0 Å². The summed E-state index contributed by atoms with van der Waals surface area (Å²) in [5.74, 6) is 0.321. The van der Waals surface area contributed by atoms with Crippen molar-refractivity contribution in [3.05, 3.63) is 77.9 Å². The van der Waals surface area contributed by atoms with Crippen LogP contribution in [0.4, 0.5) is 5.69 Å². The van der Waals surface area contributed by atoms with E-state index < -0.39 is 10.1 Å². The number of anilines is 1. The Bertz CT molecular complexity index is 1620. The van der Waals surface area contributed by atoms with Crippen LogP contribution in [0, 0.1) is 13.8 Å². The lowest BCUT2D eigenvalue weighted by atomic mass is 10.1. The monoisotopic (exact) mass is 444 g/mol. The number of benzene rings is 4. The van der Waals surface area contributed by atoms with E-state index in [2.05, 4.69) is 23.2 Å². The van der Waals surface area contributed by atoms with Gasteiger partial charge in [-0.3, -0.25) is 0 Å². The van der Waals surface area contributed by atoms with Gasteiger partial charge in [-0.05, 0) is 49.2 Å². The van der Waals surface area contributed by atoms with Gasteiger partial charge in [0.05, 0.1) is 5.52 Å². The normalized spacial score (nSPS) is 12.0. The molecule has 0 fully saturated rings. The number of hydrogen-bond acceptors (Lipinski definition) is 4. The standard InChI is InChI=1S/C26H24N2O3S/c1-16-11-12-18-21-14-17(2)25(15-23(21)27-22(18)13-16)31-32(29,30)26-10-6-7-19-20(26)8-5-9-24(19)28(3)4/h5-15,27H,1-4H3. The third-order valence-corrected chi connectivity index (χ3v) is 7.15. The number of hydrogen-bond donors (Lipinski definition) is 1. The van der Waals surface area contributed by atoms with Crippen molar-refractivity contribution >= 4 is 48.4 Å². The van der Waals surface area contributed by atoms with E-state index in [1.54, 1.807) is 18.2 Å². The number of aromatic nitrogens is 1. The molecule has 0 amide bonds. The van der Waals surface area contributed by atoms with Gasteiger partial charge in [-0.1, -0.05) is 36.4 Å². The molecule has 0 aliphatic heterocycles. The predicted molar refractivity (Wildman–Crippen MR) is 131 cm³/mol. The molecule has 0 unspecified atom stereocenters. The lowest BCUT2D eigenvalue weighted by Gasteiger charge is -2.17. The number of H-pyrrole nitrogens is 1. The average Bonchev–Trinajstić information content (AvgIpc) is 3.08. The van der Waals surface area contributed by atoms with Gasteiger partial charge in [0.2, 0.25) is 0 Å². The van der Waals surface area contributed by atoms with E-state index in [1.165, 1.54) is 0 Å². The number of fused-ring (bicyclic) bond motifs is 4. The van der Waals surface area contributed by atoms with Crippen LogP contribution in [0.1, 0.15) is 11.1 Å². The first-order chi connectivity index (χ1) is 15.2. The number of aromatic amines is 1. The lowest BCUT2D eigenvalue weighted by Crippen LogP contribution is -2.12. The zero-order chi connectivity index (χ0) is 22.6. The number of nitrogens with zero attached hydrogens (tertiary/aromatic N) is 1. The van der Waals surface area contributed by atoms with Gasteiger partial charge >= 0.3 is 10.1 Å². The van der Waals surface area contributed by atoms with E-state index in [0.717, 1.165) is 44.0 Å². The highest BCUT2D eigenvalue weighted by molar-refractivity contribution is 7.87. The molecule has 1 heterocycles. The van der Waals surface area contributed by atoms with Crippen LogP contribution in [0.3, 0.4) is 0 Å². The Kier molecular flexibility index (Phi) is 4.64. The van der Waals surface area contributed by atoms with Gasteiger partial charge in [0.1, 0.15) is 10.6 Å². The van der Waals surface area contributed by atoms with Gasteiger partial charge in [0.25, 0.3) is 0 Å². The van der Waals surface area contributed by atoms with Gasteiger partial charge < -0.3 is 14.1 Å². The fourth-order valence-electron chi connectivity index (χ4n) is 4.28. The van der Waals surface area contributed by atoms with Crippen LogP contribution in [0.25, 0.3) is 32.6 Å². The minimum Gasteiger partial charge on any atom is -0.379 e. The molecule has 0 aliphatic carbocycles. The second-order valence-electron chi connectivity index (χ2n) is 8.40. The second-order valence-corrected chi connectivity index (χ2v) is 9.91. The van der Waals surface area contributed by atoms with E-state index in [9.17, 15) is 8.42 Å². The first-order valence-corrected chi connectivity index (χ1v) is 11.8. The van der Waals surface area contributed by atoms with Crippen LogP contribution < -0.4 is 9.08 Å². The Balaban J connectivity index is 1.63. The minimum absolute atomic E-state index is 0.158. The Hall–Kier alpha value is -3.51. The van der Waals surface area contributed by atoms with Crippen molar-refractivity contribution in [1.82, 2.24) is 4.98 Å². The van der Waals surface area contributed by atoms with Gasteiger partial charge in [0.15, 0.2) is 0 Å². The van der Waals surface area contributed by atoms with Crippen LogP contribution in [0.5, 0.6) is 5.75 Å². The summed E-state index contributed by atoms with van der Waals surface area (Å²) >= 11 is 0. The van der Waals surface area contributed by atoms with Crippen LogP contribution >= 0.6 is 0 Å². The van der Waals surface area contributed by atoms with Gasteiger partial charge in [-0.2, -0.15) is 8.42 Å². The van der Waals surface area contributed by atoms with Crippen molar-refractivity contribution in [2.24, 2.45) is 0 Å². The predicted octanol–water partition coefficient (Wildman–Crippen LogP) is 5.92. The highest BCUT2D eigenvalue weighted by Crippen LogP contribution is 2.35. The third kappa shape index (κ3) is 3.28. The zero-order valence-corrected chi connectivity index (χ0v) is 19.2. The number of nitrogens with one attached hydrogen (secondary N) is 1. The molecule has 0 aliphatic rings. The summed E-state index contributed by atoms with van der Waals surface area (Å²) in [6.07, 6.45) is 0. The Morgan fingerprint density at radius 1 is 0.781 bits per heavy atom. The molecule has 1 aromatic heterocycles. The molecule has 0 saturated heterocycles. The summed E-state index contributed by atoms with van der Waals surface area (Å²) in [6.45, 7) is 3.91. The molecular formula is C26H24N2O3S. The molecule has 162 valence electrons. The zero-order valence-electron chi connectivity index (χ0n) is 18.4. The van der Waals surface area contributed by atoms with E-state index in [1.807, 2.05) is 63.2 Å². The minimum atomic E-state index is -4.04. The van der Waals surface area contributed by atoms with E-state index in [0.29, 0.717) is 11.1 Å². The quantitative estimate of drug-likeness (QED) is 0.349. The van der Waals surface area contributed by atoms with Crippen molar-refractivity contribution in [3.8, 4) is 5.75 Å². The van der Waals surface area contributed by atoms with Gasteiger partial charge in [-0.15, -0.1) is 0 Å². The maximum atomic E-state index is 13.4. The Morgan fingerprint density at radius 2 is 1.50 bits per heavy atom. The maximum Gasteiger partial charge on any atom is 0.339 e. The smallest absolute Gasteiger partial charge is 0.339 e. The average molecular weight is 445 g/mol. The molecule has 4 aromatic carbocycles. The summed E-state index contributed by atoms with van der Waals surface area (Å²) in [6, 6.07) is 20.9. The van der Waals surface area contributed by atoms with E-state index in [-0.39, 0.29) is 4.90 Å². The summed E-state index contributed by atoms with van der Waals surface area (Å²) in [7, 11) is -0.168. The summed E-state index contributed by atoms with van der Waals surface area (Å²) < 4.78 is 32.4. The number of rotatable bonds is 4. The molecule has 5 aromatic rings. The topological polar surface area (TPSA) is 62.4 Å². The largest absolute Gasteiger partial charge is 0.379 e. The molecule has 0 spiro atoms. The Labute approximate surface area is 187 Å². The van der Waals surface area contributed by atoms with Crippen LogP contribution in [0.2, 0.25) is 0 Å². The molecule has 0 bridgehead atoms. The Morgan fingerprint density at radius 3 is 2.28 bits per heavy atom. The highest BCUT2D eigenvalue weighted by atomic mass is 32.2. The van der Waals surface area contributed by atoms with Crippen molar-refractivity contribution in [1.29, 1.82) is 0 Å². The highest BCUT2D eigenvalue weighted by Gasteiger charge is 2.22. The molecule has 0 atom stereocenters. The molecule has 0 radical (unpaired) electrons. The summed E-state index contributed by atoms with van der Waals surface area (Å²) in [5.41, 5.74) is 4.73. The maximum absolute atomic E-state index is 13.4. The molecule has 5 rings (SSSR count). The fraction of sp³-hybridized carbons (Fsp3) is 0.154. The SMILES string of the molecule is Cc1ccc2c(c1)[nH]c1cc(OS(=O)(=O)c3cccc4c(N(C)C)cccc34)c(C)cc12. The summed E-state index contributed by atoms with van der Waals surface area (Å²) in [5, 5.41) is 3.65. The van der Waals surface area contributed by atoms with Crippen LogP contribution in [-0.2, 0) is 10.1 Å². The first kappa shape index (κ1) is 20.4. The molecule has 5 nitrogen and oxygen atoms in total. The molecule has 1 N–H and O–H groups in total. The second kappa shape index (κ2) is 7.28. The molecular weight excluding hydrogens is 420 g/mol. The first-order valence-electron chi connectivity index (χ1n) is 10.4. The van der Waals surface area contributed by atoms with Crippen molar-refractivity contribution < 1.29 is 12.6 Å². The van der Waals surface area contributed by atoms with Crippen LogP contribution in [-0.4, -0.2) is 27.5 Å². The van der Waals surface area contributed by atoms with Gasteiger partial charge in [0, 0.05) is 52.9 Å². The summed E-state index contributed by atoms with van der Waals surface area (Å²) in [4.78, 5) is 5.51.